The fourth-order valence-electron chi connectivity index (χ4n) is 6.07. The molecular weight excluding hydrogens is 510 g/mol. The van der Waals surface area contributed by atoms with Gasteiger partial charge in [-0.05, 0) is 76.0 Å². The molecule has 7 aromatic carbocycles. The lowest BCUT2D eigenvalue weighted by Gasteiger charge is -2.28. The molecule has 0 spiro atoms. The van der Waals surface area contributed by atoms with Gasteiger partial charge in [0, 0.05) is 27.7 Å². The minimum absolute atomic E-state index is 0.898. The zero-order chi connectivity index (χ0) is 27.9. The van der Waals surface area contributed by atoms with E-state index in [-0.39, 0.29) is 0 Å². The number of nitrogens with zero attached hydrogens (tertiary/aromatic N) is 1. The molecule has 0 saturated heterocycles. The van der Waals surface area contributed by atoms with Crippen LogP contribution in [0.3, 0.4) is 0 Å². The molecule has 1 heterocycles. The second kappa shape index (κ2) is 10.1. The maximum atomic E-state index is 6.25. The van der Waals surface area contributed by atoms with Gasteiger partial charge in [-0.2, -0.15) is 0 Å². The Labute approximate surface area is 244 Å². The monoisotopic (exact) mass is 537 g/mol. The van der Waals surface area contributed by atoms with Gasteiger partial charge in [-0.3, -0.25) is 0 Å². The average Bonchev–Trinajstić information content (AvgIpc) is 3.45. The molecule has 0 amide bonds. The lowest BCUT2D eigenvalue weighted by molar-refractivity contribution is 0.669. The van der Waals surface area contributed by atoms with E-state index in [4.69, 9.17) is 4.42 Å². The second-order valence-corrected chi connectivity index (χ2v) is 10.6. The van der Waals surface area contributed by atoms with E-state index in [1.807, 2.05) is 12.1 Å². The van der Waals surface area contributed by atoms with Gasteiger partial charge >= 0.3 is 0 Å². The van der Waals surface area contributed by atoms with Crippen molar-refractivity contribution in [2.24, 2.45) is 0 Å². The average molecular weight is 538 g/mol. The molecule has 0 saturated carbocycles. The number of furan rings is 1. The molecule has 0 bridgehead atoms. The molecule has 0 atom stereocenters. The highest BCUT2D eigenvalue weighted by Gasteiger charge is 2.20. The third-order valence-corrected chi connectivity index (χ3v) is 8.06. The number of benzene rings is 7. The molecule has 0 aliphatic heterocycles. The second-order valence-electron chi connectivity index (χ2n) is 10.6. The third-order valence-electron chi connectivity index (χ3n) is 8.06. The van der Waals surface area contributed by atoms with E-state index in [2.05, 4.69) is 157 Å². The Morgan fingerprint density at radius 1 is 0.405 bits per heavy atom. The Balaban J connectivity index is 1.29. The van der Waals surface area contributed by atoms with E-state index in [0.717, 1.165) is 50.1 Å². The summed E-state index contributed by atoms with van der Waals surface area (Å²) in [6, 6.07) is 58.0. The van der Waals surface area contributed by atoms with Crippen LogP contribution in [0.2, 0.25) is 0 Å². The smallest absolute Gasteiger partial charge is 0.136 e. The first kappa shape index (κ1) is 24.2. The van der Waals surface area contributed by atoms with Gasteiger partial charge in [0.1, 0.15) is 11.2 Å². The number of hydrogen-bond donors (Lipinski definition) is 0. The van der Waals surface area contributed by atoms with Gasteiger partial charge in [-0.25, -0.2) is 0 Å². The maximum absolute atomic E-state index is 6.25. The third kappa shape index (κ3) is 4.13. The number of fused-ring (bicyclic) bond motifs is 4. The van der Waals surface area contributed by atoms with Crippen LogP contribution < -0.4 is 4.90 Å². The Hall–Kier alpha value is -5.60. The topological polar surface area (TPSA) is 16.4 Å². The van der Waals surface area contributed by atoms with Crippen LogP contribution in [0.15, 0.2) is 168 Å². The fourth-order valence-corrected chi connectivity index (χ4v) is 6.07. The van der Waals surface area contributed by atoms with Crippen LogP contribution >= 0.6 is 0 Å². The van der Waals surface area contributed by atoms with Gasteiger partial charge in [-0.1, -0.05) is 115 Å². The van der Waals surface area contributed by atoms with Gasteiger partial charge in [0.15, 0.2) is 0 Å². The molecular formula is C40H27NO. The lowest BCUT2D eigenvalue weighted by atomic mass is 9.96. The largest absolute Gasteiger partial charge is 0.456 e. The summed E-state index contributed by atoms with van der Waals surface area (Å²) in [5, 5.41) is 4.77. The minimum atomic E-state index is 0.898. The van der Waals surface area contributed by atoms with E-state index < -0.39 is 0 Å². The van der Waals surface area contributed by atoms with Crippen LogP contribution in [0.5, 0.6) is 0 Å². The Kier molecular flexibility index (Phi) is 5.82. The minimum Gasteiger partial charge on any atom is -0.456 e. The number of para-hydroxylation sites is 3. The summed E-state index contributed by atoms with van der Waals surface area (Å²) >= 11 is 0. The first-order valence-corrected chi connectivity index (χ1v) is 14.3. The molecule has 1 aromatic heterocycles. The van der Waals surface area contributed by atoms with Crippen molar-refractivity contribution >= 4 is 49.8 Å². The van der Waals surface area contributed by atoms with E-state index in [1.54, 1.807) is 0 Å². The Morgan fingerprint density at radius 3 is 1.93 bits per heavy atom. The molecule has 8 aromatic rings. The zero-order valence-corrected chi connectivity index (χ0v) is 22.9. The molecule has 2 nitrogen and oxygen atoms in total. The first-order chi connectivity index (χ1) is 20.8. The van der Waals surface area contributed by atoms with Gasteiger partial charge in [-0.15, -0.1) is 0 Å². The van der Waals surface area contributed by atoms with E-state index >= 15 is 0 Å². The highest BCUT2D eigenvalue weighted by atomic mass is 16.3. The lowest BCUT2D eigenvalue weighted by Crippen LogP contribution is -2.11. The van der Waals surface area contributed by atoms with Gasteiger partial charge in [0.25, 0.3) is 0 Å². The van der Waals surface area contributed by atoms with Crippen molar-refractivity contribution in [2.45, 2.75) is 0 Å². The predicted octanol–water partition coefficient (Wildman–Crippen LogP) is 11.5. The van der Waals surface area contributed by atoms with E-state index in [9.17, 15) is 0 Å². The molecule has 8 rings (SSSR count). The van der Waals surface area contributed by atoms with Crippen LogP contribution in [0.25, 0.3) is 55.0 Å². The van der Waals surface area contributed by atoms with Crippen LogP contribution in [0, 0.1) is 0 Å². The van der Waals surface area contributed by atoms with Crippen molar-refractivity contribution in [2.75, 3.05) is 4.90 Å². The molecule has 0 aliphatic carbocycles. The standard InChI is InChI=1S/C40H27NO/c1-2-13-32(14-3-1)41(33-25-23-29(24-26-33)31-22-21-28-11-4-5-12-30(28)27-31)37-18-8-6-15-34(37)35-17-10-20-39-40(35)36-16-7-9-19-38(36)42-39/h1-27H. The van der Waals surface area contributed by atoms with Crippen molar-refractivity contribution in [3.8, 4) is 22.3 Å². The molecule has 0 fully saturated rings. The summed E-state index contributed by atoms with van der Waals surface area (Å²) in [7, 11) is 0. The summed E-state index contributed by atoms with van der Waals surface area (Å²) in [5.74, 6) is 0. The summed E-state index contributed by atoms with van der Waals surface area (Å²) in [6.45, 7) is 0. The quantitative estimate of drug-likeness (QED) is 0.217. The normalized spacial score (nSPS) is 11.3. The molecule has 2 heteroatoms. The predicted molar refractivity (Wildman–Crippen MR) is 177 cm³/mol. The van der Waals surface area contributed by atoms with Gasteiger partial charge in [0.05, 0.1) is 5.69 Å². The highest BCUT2D eigenvalue weighted by Crippen LogP contribution is 2.44. The van der Waals surface area contributed by atoms with Crippen molar-refractivity contribution in [3.63, 3.8) is 0 Å². The molecule has 0 radical (unpaired) electrons. The van der Waals surface area contributed by atoms with Crippen molar-refractivity contribution in [1.29, 1.82) is 0 Å². The highest BCUT2D eigenvalue weighted by molar-refractivity contribution is 6.13. The fraction of sp³-hybridized carbons (Fsp3) is 0. The van der Waals surface area contributed by atoms with Gasteiger partial charge < -0.3 is 9.32 Å². The molecule has 0 unspecified atom stereocenters. The van der Waals surface area contributed by atoms with E-state index in [1.165, 1.54) is 21.9 Å². The van der Waals surface area contributed by atoms with E-state index in [0.29, 0.717) is 0 Å². The summed E-state index contributed by atoms with van der Waals surface area (Å²) in [4.78, 5) is 2.35. The van der Waals surface area contributed by atoms with Crippen LogP contribution in [0.4, 0.5) is 17.1 Å². The van der Waals surface area contributed by atoms with Crippen molar-refractivity contribution < 1.29 is 4.42 Å². The number of anilines is 3. The summed E-state index contributed by atoms with van der Waals surface area (Å²) in [6.07, 6.45) is 0. The van der Waals surface area contributed by atoms with Crippen LogP contribution in [-0.2, 0) is 0 Å². The van der Waals surface area contributed by atoms with Crippen molar-refractivity contribution in [1.82, 2.24) is 0 Å². The molecule has 198 valence electrons. The summed E-state index contributed by atoms with van der Waals surface area (Å²) < 4.78 is 6.25. The molecule has 0 aliphatic rings. The first-order valence-electron chi connectivity index (χ1n) is 14.3. The number of hydrogen-bond acceptors (Lipinski definition) is 2. The number of rotatable bonds is 5. The summed E-state index contributed by atoms with van der Waals surface area (Å²) in [5.41, 5.74) is 9.83. The van der Waals surface area contributed by atoms with Crippen LogP contribution in [-0.4, -0.2) is 0 Å². The Bertz CT molecular complexity index is 2190. The Morgan fingerprint density at radius 2 is 1.05 bits per heavy atom. The zero-order valence-electron chi connectivity index (χ0n) is 22.9. The molecule has 42 heavy (non-hydrogen) atoms. The maximum Gasteiger partial charge on any atom is 0.136 e. The SMILES string of the molecule is c1ccc(N(c2ccc(-c3ccc4ccccc4c3)cc2)c2ccccc2-c2cccc3oc4ccccc4c23)cc1. The van der Waals surface area contributed by atoms with Gasteiger partial charge in [0.2, 0.25) is 0 Å². The van der Waals surface area contributed by atoms with Crippen LogP contribution in [0.1, 0.15) is 0 Å². The van der Waals surface area contributed by atoms with Crippen molar-refractivity contribution in [3.05, 3.63) is 164 Å². The molecule has 0 N–H and O–H groups in total.